The molecule has 2 atom stereocenters. The first-order valence-corrected chi connectivity index (χ1v) is 7.51. The second-order valence-electron chi connectivity index (χ2n) is 5.02. The second-order valence-corrected chi connectivity index (χ2v) is 7.21. The average Bonchev–Trinajstić information content (AvgIpc) is 2.95. The van der Waals surface area contributed by atoms with Crippen molar-refractivity contribution < 1.29 is 13.2 Å². The van der Waals surface area contributed by atoms with Crippen molar-refractivity contribution in [3.8, 4) is 0 Å². The molecule has 2 aliphatic heterocycles. The smallest absolute Gasteiger partial charge is 0.153 e. The first-order chi connectivity index (χ1) is 7.11. The quantitative estimate of drug-likeness (QED) is 0.687. The van der Waals surface area contributed by atoms with E-state index in [1.807, 2.05) is 0 Å². The molecule has 0 radical (unpaired) electrons. The summed E-state index contributed by atoms with van der Waals surface area (Å²) in [5, 5.41) is 3.46. The van der Waals surface area contributed by atoms with Crippen molar-refractivity contribution in [2.75, 3.05) is 24.7 Å². The summed E-state index contributed by atoms with van der Waals surface area (Å²) >= 11 is 0. The Morgan fingerprint density at radius 1 is 1.33 bits per heavy atom. The predicted molar refractivity (Wildman–Crippen MR) is 56.5 cm³/mol. The molecule has 1 N–H and O–H groups in total. The minimum absolute atomic E-state index is 0.230. The fourth-order valence-corrected chi connectivity index (χ4v) is 4.93. The largest absolute Gasteiger partial charge is 0.371 e. The summed E-state index contributed by atoms with van der Waals surface area (Å²) in [6.45, 7) is 1.52. The van der Waals surface area contributed by atoms with Crippen molar-refractivity contribution >= 4 is 9.84 Å². The number of hydrogen-bond acceptors (Lipinski definition) is 4. The lowest BCUT2D eigenvalue weighted by atomic mass is 9.88. The molecule has 0 aromatic heterocycles. The van der Waals surface area contributed by atoms with E-state index in [4.69, 9.17) is 4.74 Å². The Kier molecular flexibility index (Phi) is 2.13. The maximum absolute atomic E-state index is 11.6. The van der Waals surface area contributed by atoms with Gasteiger partial charge in [0.1, 0.15) is 0 Å². The summed E-state index contributed by atoms with van der Waals surface area (Å²) in [4.78, 5) is 0. The molecule has 0 amide bonds. The number of rotatable bonds is 1. The Bertz CT molecular complexity index is 363. The van der Waals surface area contributed by atoms with Crippen LogP contribution in [0.4, 0.5) is 0 Å². The van der Waals surface area contributed by atoms with E-state index >= 15 is 0 Å². The predicted octanol–water partition coefficient (Wildman–Crippen LogP) is -0.0579. The van der Waals surface area contributed by atoms with Gasteiger partial charge in [-0.3, -0.25) is 0 Å². The van der Waals surface area contributed by atoms with Crippen LogP contribution in [-0.2, 0) is 14.6 Å². The van der Waals surface area contributed by atoms with Crippen molar-refractivity contribution in [1.29, 1.82) is 0 Å². The van der Waals surface area contributed by atoms with Crippen LogP contribution in [0.2, 0.25) is 0 Å². The van der Waals surface area contributed by atoms with E-state index < -0.39 is 15.4 Å². The van der Waals surface area contributed by atoms with Crippen molar-refractivity contribution in [2.45, 2.75) is 30.9 Å². The monoisotopic (exact) mass is 231 g/mol. The van der Waals surface area contributed by atoms with Crippen LogP contribution in [0.25, 0.3) is 0 Å². The van der Waals surface area contributed by atoms with Crippen molar-refractivity contribution in [2.24, 2.45) is 5.92 Å². The molecule has 2 saturated heterocycles. The number of nitrogens with one attached hydrogen (secondary N) is 1. The summed E-state index contributed by atoms with van der Waals surface area (Å²) < 4.78 is 29.0. The van der Waals surface area contributed by atoms with E-state index in [0.717, 1.165) is 6.54 Å². The van der Waals surface area contributed by atoms with Crippen LogP contribution in [0, 0.1) is 5.92 Å². The van der Waals surface area contributed by atoms with Gasteiger partial charge in [-0.1, -0.05) is 0 Å². The molecule has 3 aliphatic rings. The van der Waals surface area contributed by atoms with E-state index in [1.54, 1.807) is 0 Å². The van der Waals surface area contributed by atoms with Crippen LogP contribution < -0.4 is 5.32 Å². The summed E-state index contributed by atoms with van der Waals surface area (Å²) in [5.41, 5.74) is -0.391. The maximum atomic E-state index is 11.6. The van der Waals surface area contributed by atoms with Crippen molar-refractivity contribution in [3.63, 3.8) is 0 Å². The van der Waals surface area contributed by atoms with Gasteiger partial charge in [0.25, 0.3) is 0 Å². The molecule has 0 aromatic carbocycles. The first-order valence-electron chi connectivity index (χ1n) is 5.69. The van der Waals surface area contributed by atoms with Crippen molar-refractivity contribution in [1.82, 2.24) is 5.32 Å². The lowest BCUT2D eigenvalue weighted by molar-refractivity contribution is -0.0839. The highest BCUT2D eigenvalue weighted by Crippen LogP contribution is 2.43. The molecule has 1 aliphatic carbocycles. The zero-order chi connectivity index (χ0) is 10.5. The maximum Gasteiger partial charge on any atom is 0.153 e. The second kappa shape index (κ2) is 3.18. The Morgan fingerprint density at radius 3 is 2.73 bits per heavy atom. The number of sulfone groups is 1. The Morgan fingerprint density at radius 2 is 2.13 bits per heavy atom. The molecule has 0 aromatic rings. The minimum Gasteiger partial charge on any atom is -0.371 e. The van der Waals surface area contributed by atoms with E-state index in [9.17, 15) is 8.42 Å². The summed E-state index contributed by atoms with van der Waals surface area (Å²) in [7, 11) is -2.86. The zero-order valence-corrected chi connectivity index (χ0v) is 9.55. The van der Waals surface area contributed by atoms with E-state index in [0.29, 0.717) is 24.7 Å². The van der Waals surface area contributed by atoms with Crippen molar-refractivity contribution in [3.05, 3.63) is 0 Å². The van der Waals surface area contributed by atoms with E-state index in [1.165, 1.54) is 12.8 Å². The lowest BCUT2D eigenvalue weighted by Crippen LogP contribution is -2.59. The standard InChI is InChI=1S/C10H17NO3S/c12-15(13)6-3-10(7-15)9(8-1-2-8)11-4-5-14-10/h8-9,11H,1-7H2. The molecule has 15 heavy (non-hydrogen) atoms. The molecule has 86 valence electrons. The third kappa shape index (κ3) is 1.70. The molecule has 2 heterocycles. The summed E-state index contributed by atoms with van der Waals surface area (Å²) in [5.74, 6) is 1.19. The Hall–Kier alpha value is -0.130. The van der Waals surface area contributed by atoms with Gasteiger partial charge in [0.15, 0.2) is 9.84 Å². The molecule has 5 heteroatoms. The fraction of sp³-hybridized carbons (Fsp3) is 1.00. The summed E-state index contributed by atoms with van der Waals surface area (Å²) in [6, 6.07) is 0.281. The zero-order valence-electron chi connectivity index (χ0n) is 8.74. The molecule has 1 spiro atoms. The fourth-order valence-electron chi connectivity index (χ4n) is 2.97. The van der Waals surface area contributed by atoms with Crippen LogP contribution in [0.3, 0.4) is 0 Å². The molecule has 1 saturated carbocycles. The normalized spacial score (nSPS) is 44.7. The highest BCUT2D eigenvalue weighted by molar-refractivity contribution is 7.91. The van der Waals surface area contributed by atoms with Crippen LogP contribution in [0.5, 0.6) is 0 Å². The van der Waals surface area contributed by atoms with Crippen LogP contribution in [0.15, 0.2) is 0 Å². The average molecular weight is 231 g/mol. The van der Waals surface area contributed by atoms with E-state index in [2.05, 4.69) is 5.32 Å². The van der Waals surface area contributed by atoms with Gasteiger partial charge in [0.2, 0.25) is 0 Å². The van der Waals surface area contributed by atoms with Gasteiger partial charge in [-0.25, -0.2) is 8.42 Å². The number of ether oxygens (including phenoxy) is 1. The van der Waals surface area contributed by atoms with Crippen LogP contribution in [0.1, 0.15) is 19.3 Å². The highest BCUT2D eigenvalue weighted by Gasteiger charge is 2.54. The molecule has 4 nitrogen and oxygen atoms in total. The first kappa shape index (κ1) is 10.1. The van der Waals surface area contributed by atoms with Crippen LogP contribution in [-0.4, -0.2) is 44.7 Å². The van der Waals surface area contributed by atoms with Gasteiger partial charge >= 0.3 is 0 Å². The number of hydrogen-bond donors (Lipinski definition) is 1. The molecule has 3 fully saturated rings. The van der Waals surface area contributed by atoms with Gasteiger partial charge in [-0.15, -0.1) is 0 Å². The molecular formula is C10H17NO3S. The molecule has 2 unspecified atom stereocenters. The van der Waals surface area contributed by atoms with Gasteiger partial charge in [0, 0.05) is 12.6 Å². The van der Waals surface area contributed by atoms with Gasteiger partial charge in [-0.2, -0.15) is 0 Å². The minimum atomic E-state index is -2.86. The summed E-state index contributed by atoms with van der Waals surface area (Å²) in [6.07, 6.45) is 3.13. The molecule has 3 rings (SSSR count). The Balaban J connectivity index is 1.87. The lowest BCUT2D eigenvalue weighted by Gasteiger charge is -2.41. The van der Waals surface area contributed by atoms with E-state index in [-0.39, 0.29) is 11.8 Å². The highest BCUT2D eigenvalue weighted by atomic mass is 32.2. The third-order valence-corrected chi connectivity index (χ3v) is 5.57. The molecule has 0 bridgehead atoms. The number of morpholine rings is 1. The topological polar surface area (TPSA) is 55.4 Å². The van der Waals surface area contributed by atoms with Crippen LogP contribution >= 0.6 is 0 Å². The van der Waals surface area contributed by atoms with Gasteiger partial charge < -0.3 is 10.1 Å². The van der Waals surface area contributed by atoms with Gasteiger partial charge in [-0.05, 0) is 25.2 Å². The van der Waals surface area contributed by atoms with Gasteiger partial charge in [0.05, 0.1) is 23.7 Å². The molecular weight excluding hydrogens is 214 g/mol. The third-order valence-electron chi connectivity index (χ3n) is 3.82. The Labute approximate surface area is 90.3 Å². The SMILES string of the molecule is O=S1(=O)CCC2(C1)OCCNC2C1CC1.